The number of halogens is 3. The monoisotopic (exact) mass is 415 g/mol. The van der Waals surface area contributed by atoms with Gasteiger partial charge in [-0.1, -0.05) is 51.3 Å². The van der Waals surface area contributed by atoms with Crippen molar-refractivity contribution in [2.24, 2.45) is 0 Å². The van der Waals surface area contributed by atoms with Crippen molar-refractivity contribution in [1.29, 1.82) is 0 Å². The molecule has 0 aliphatic heterocycles. The summed E-state index contributed by atoms with van der Waals surface area (Å²) in [5.41, 5.74) is 0.0417. The van der Waals surface area contributed by atoms with Crippen LogP contribution in [0.2, 0.25) is 10.0 Å². The number of carboxylic acid groups (broad SMARTS) is 1. The van der Waals surface area contributed by atoms with E-state index in [9.17, 15) is 20.0 Å². The lowest BCUT2D eigenvalue weighted by Gasteiger charge is -2.05. The summed E-state index contributed by atoms with van der Waals surface area (Å²) in [5.74, 6) is -1.22. The summed E-state index contributed by atoms with van der Waals surface area (Å²) >= 11 is 14.9. The molecule has 118 valence electrons. The number of benzene rings is 2. The van der Waals surface area contributed by atoms with Crippen molar-refractivity contribution in [3.05, 3.63) is 72.2 Å². The standard InChI is InChI=1S/C15H8BrCl2NO4/c16-10-3-1-8(2-4-10)11(15(20)21)5-9-6-12(17)13(18)7-14(9)19(22)23/h1-7H,(H,20,21)/b11-5+. The van der Waals surface area contributed by atoms with E-state index in [1.807, 2.05) is 0 Å². The van der Waals surface area contributed by atoms with Crippen LogP contribution >= 0.6 is 39.1 Å². The number of rotatable bonds is 4. The van der Waals surface area contributed by atoms with Gasteiger partial charge in [0.15, 0.2) is 0 Å². The number of hydrogen-bond acceptors (Lipinski definition) is 3. The fourth-order valence-electron chi connectivity index (χ4n) is 1.88. The Hall–Kier alpha value is -1.89. The lowest BCUT2D eigenvalue weighted by Crippen LogP contribution is -2.00. The summed E-state index contributed by atoms with van der Waals surface area (Å²) in [5, 5.41) is 20.7. The highest BCUT2D eigenvalue weighted by molar-refractivity contribution is 9.10. The first-order valence-electron chi connectivity index (χ1n) is 6.14. The number of aliphatic carboxylic acids is 1. The minimum atomic E-state index is -1.22. The second-order valence-electron chi connectivity index (χ2n) is 4.45. The maximum atomic E-state index is 11.5. The van der Waals surface area contributed by atoms with E-state index in [4.69, 9.17) is 23.2 Å². The normalized spacial score (nSPS) is 11.3. The maximum Gasteiger partial charge on any atom is 0.336 e. The third-order valence-corrected chi connectivity index (χ3v) is 4.20. The average molecular weight is 417 g/mol. The van der Waals surface area contributed by atoms with Gasteiger partial charge in [-0.15, -0.1) is 0 Å². The Bertz CT molecular complexity index is 819. The molecule has 0 saturated carbocycles. The van der Waals surface area contributed by atoms with Gasteiger partial charge in [0.1, 0.15) is 0 Å². The minimum Gasteiger partial charge on any atom is -0.478 e. The number of nitro groups is 1. The van der Waals surface area contributed by atoms with E-state index < -0.39 is 10.9 Å². The Balaban J connectivity index is 2.65. The predicted molar refractivity (Wildman–Crippen MR) is 92.8 cm³/mol. The summed E-state index contributed by atoms with van der Waals surface area (Å²) in [6.45, 7) is 0. The van der Waals surface area contributed by atoms with E-state index in [1.165, 1.54) is 12.1 Å². The van der Waals surface area contributed by atoms with Crippen LogP contribution in [0.4, 0.5) is 5.69 Å². The van der Waals surface area contributed by atoms with Crippen molar-refractivity contribution in [2.45, 2.75) is 0 Å². The highest BCUT2D eigenvalue weighted by Gasteiger charge is 2.18. The van der Waals surface area contributed by atoms with Gasteiger partial charge >= 0.3 is 5.97 Å². The molecule has 23 heavy (non-hydrogen) atoms. The van der Waals surface area contributed by atoms with Crippen LogP contribution in [-0.4, -0.2) is 16.0 Å². The van der Waals surface area contributed by atoms with Crippen LogP contribution in [0.25, 0.3) is 11.6 Å². The molecule has 0 heterocycles. The number of nitro benzene ring substituents is 1. The van der Waals surface area contributed by atoms with Crippen molar-refractivity contribution >= 4 is 62.4 Å². The van der Waals surface area contributed by atoms with E-state index in [1.54, 1.807) is 24.3 Å². The summed E-state index contributed by atoms with van der Waals surface area (Å²) in [7, 11) is 0. The van der Waals surface area contributed by atoms with Crippen LogP contribution in [0.1, 0.15) is 11.1 Å². The third-order valence-electron chi connectivity index (χ3n) is 2.95. The lowest BCUT2D eigenvalue weighted by atomic mass is 10.0. The van der Waals surface area contributed by atoms with Gasteiger partial charge in [0.05, 0.1) is 26.1 Å². The first-order valence-corrected chi connectivity index (χ1v) is 7.69. The fourth-order valence-corrected chi connectivity index (χ4v) is 2.47. The number of nitrogens with zero attached hydrogens (tertiary/aromatic N) is 1. The predicted octanol–water partition coefficient (Wildman–Crippen LogP) is 5.29. The van der Waals surface area contributed by atoms with Gasteiger partial charge in [0.25, 0.3) is 5.69 Å². The van der Waals surface area contributed by atoms with Gasteiger partial charge in [-0.25, -0.2) is 4.79 Å². The molecule has 0 aliphatic rings. The summed E-state index contributed by atoms with van der Waals surface area (Å²) < 4.78 is 0.784. The van der Waals surface area contributed by atoms with Gasteiger partial charge in [-0.05, 0) is 29.8 Å². The molecular formula is C15H8BrCl2NO4. The zero-order valence-corrected chi connectivity index (χ0v) is 14.4. The Labute approximate surface area is 149 Å². The van der Waals surface area contributed by atoms with Crippen LogP contribution in [0.3, 0.4) is 0 Å². The molecule has 0 bridgehead atoms. The molecule has 2 aromatic carbocycles. The number of hydrogen-bond donors (Lipinski definition) is 1. The zero-order chi connectivity index (χ0) is 17.1. The van der Waals surface area contributed by atoms with Crippen LogP contribution in [-0.2, 0) is 4.79 Å². The van der Waals surface area contributed by atoms with E-state index in [0.29, 0.717) is 5.56 Å². The van der Waals surface area contributed by atoms with Crippen molar-refractivity contribution in [2.75, 3.05) is 0 Å². The molecule has 0 aromatic heterocycles. The Morgan fingerprint density at radius 3 is 2.26 bits per heavy atom. The SMILES string of the molecule is O=C(O)/C(=C/c1cc(Cl)c(Cl)cc1[N+](=O)[O-])c1ccc(Br)cc1. The van der Waals surface area contributed by atoms with Crippen molar-refractivity contribution in [1.82, 2.24) is 0 Å². The van der Waals surface area contributed by atoms with Gasteiger partial charge < -0.3 is 5.11 Å². The fraction of sp³-hybridized carbons (Fsp3) is 0. The molecule has 0 atom stereocenters. The number of carboxylic acids is 1. The topological polar surface area (TPSA) is 80.4 Å². The molecule has 0 unspecified atom stereocenters. The van der Waals surface area contributed by atoms with Gasteiger partial charge in [-0.2, -0.15) is 0 Å². The summed E-state index contributed by atoms with van der Waals surface area (Å²) in [6.07, 6.45) is 1.20. The molecule has 5 nitrogen and oxygen atoms in total. The van der Waals surface area contributed by atoms with E-state index in [-0.39, 0.29) is 26.9 Å². The molecule has 1 N–H and O–H groups in total. The van der Waals surface area contributed by atoms with E-state index >= 15 is 0 Å². The minimum absolute atomic E-state index is 0.0241. The summed E-state index contributed by atoms with van der Waals surface area (Å²) in [6, 6.07) is 8.89. The Morgan fingerprint density at radius 2 is 1.74 bits per heavy atom. The number of carbonyl (C=O) groups is 1. The van der Waals surface area contributed by atoms with E-state index in [2.05, 4.69) is 15.9 Å². The molecule has 0 spiro atoms. The first kappa shape index (κ1) is 17.5. The largest absolute Gasteiger partial charge is 0.478 e. The molecule has 0 radical (unpaired) electrons. The maximum absolute atomic E-state index is 11.5. The van der Waals surface area contributed by atoms with Crippen LogP contribution < -0.4 is 0 Å². The third kappa shape index (κ3) is 4.10. The van der Waals surface area contributed by atoms with Crippen molar-refractivity contribution in [3.8, 4) is 0 Å². The first-order chi connectivity index (χ1) is 10.8. The summed E-state index contributed by atoms with van der Waals surface area (Å²) in [4.78, 5) is 22.0. The molecular weight excluding hydrogens is 409 g/mol. The zero-order valence-electron chi connectivity index (χ0n) is 11.3. The van der Waals surface area contributed by atoms with Crippen molar-refractivity contribution in [3.63, 3.8) is 0 Å². The molecule has 8 heteroatoms. The Kier molecular flexibility index (Phi) is 5.41. The molecule has 0 aliphatic carbocycles. The second-order valence-corrected chi connectivity index (χ2v) is 6.18. The molecule has 0 amide bonds. The highest BCUT2D eigenvalue weighted by atomic mass is 79.9. The molecule has 2 aromatic rings. The van der Waals surface area contributed by atoms with Gasteiger partial charge in [0, 0.05) is 10.5 Å². The van der Waals surface area contributed by atoms with Crippen LogP contribution in [0.5, 0.6) is 0 Å². The van der Waals surface area contributed by atoms with Crippen LogP contribution in [0, 0.1) is 10.1 Å². The van der Waals surface area contributed by atoms with Crippen LogP contribution in [0.15, 0.2) is 40.9 Å². The molecule has 0 fully saturated rings. The second kappa shape index (κ2) is 7.12. The van der Waals surface area contributed by atoms with E-state index in [0.717, 1.165) is 10.5 Å². The van der Waals surface area contributed by atoms with Crippen molar-refractivity contribution < 1.29 is 14.8 Å². The quantitative estimate of drug-likeness (QED) is 0.317. The Morgan fingerprint density at radius 1 is 1.17 bits per heavy atom. The molecule has 2 rings (SSSR count). The highest BCUT2D eigenvalue weighted by Crippen LogP contribution is 2.33. The molecule has 0 saturated heterocycles. The van der Waals surface area contributed by atoms with Gasteiger partial charge in [0.2, 0.25) is 0 Å². The lowest BCUT2D eigenvalue weighted by molar-refractivity contribution is -0.385. The average Bonchev–Trinajstić information content (AvgIpc) is 2.48. The smallest absolute Gasteiger partial charge is 0.336 e. The van der Waals surface area contributed by atoms with Gasteiger partial charge in [-0.3, -0.25) is 10.1 Å².